The van der Waals surface area contributed by atoms with Gasteiger partial charge in [-0.3, -0.25) is 0 Å². The zero-order valence-corrected chi connectivity index (χ0v) is 18.2. The molecule has 5 rings (SSSR count). The van der Waals surface area contributed by atoms with Crippen molar-refractivity contribution in [1.29, 1.82) is 0 Å². The molecule has 3 aliphatic carbocycles. The van der Waals surface area contributed by atoms with Crippen LogP contribution >= 0.6 is 0 Å². The summed E-state index contributed by atoms with van der Waals surface area (Å²) < 4.78 is 0. The van der Waals surface area contributed by atoms with E-state index in [0.29, 0.717) is 5.41 Å². The van der Waals surface area contributed by atoms with Crippen LogP contribution in [0.3, 0.4) is 0 Å². The minimum absolute atomic E-state index is 0.0162. The molecule has 4 aliphatic rings. The summed E-state index contributed by atoms with van der Waals surface area (Å²) in [6.45, 7) is 2.51. The van der Waals surface area contributed by atoms with Crippen LogP contribution in [-0.2, 0) is 5.41 Å². The summed E-state index contributed by atoms with van der Waals surface area (Å²) in [5.74, 6) is 2.04. The first kappa shape index (κ1) is 19.4. The molecule has 2 bridgehead atoms. The number of benzene rings is 1. The average molecular weight is 396 g/mol. The van der Waals surface area contributed by atoms with Crippen LogP contribution in [-0.4, -0.2) is 49.1 Å². The smallest absolute Gasteiger partial charge is 0.317 e. The number of hydrogen-bond donors (Lipinski definition) is 1. The van der Waals surface area contributed by atoms with Crippen molar-refractivity contribution in [3.05, 3.63) is 35.4 Å². The second-order valence-electron chi connectivity index (χ2n) is 10.5. The number of carbonyl (C=O) groups excluding carboxylic acids is 1. The molecule has 1 saturated heterocycles. The second-order valence-corrected chi connectivity index (χ2v) is 10.5. The summed E-state index contributed by atoms with van der Waals surface area (Å²) in [5, 5.41) is 3.25. The Hall–Kier alpha value is -1.55. The Morgan fingerprint density at radius 2 is 1.69 bits per heavy atom. The molecular weight excluding hydrogens is 358 g/mol. The van der Waals surface area contributed by atoms with Crippen LogP contribution in [0.25, 0.3) is 0 Å². The lowest BCUT2D eigenvalue weighted by molar-refractivity contribution is 0.0675. The van der Waals surface area contributed by atoms with E-state index in [1.54, 1.807) is 4.90 Å². The molecule has 1 aromatic carbocycles. The number of amides is 2. The van der Waals surface area contributed by atoms with Crippen LogP contribution < -0.4 is 5.32 Å². The Morgan fingerprint density at radius 1 is 1.00 bits per heavy atom. The highest BCUT2D eigenvalue weighted by Crippen LogP contribution is 2.50. The van der Waals surface area contributed by atoms with E-state index in [2.05, 4.69) is 34.5 Å². The van der Waals surface area contributed by atoms with Crippen LogP contribution in [0.2, 0.25) is 0 Å². The van der Waals surface area contributed by atoms with Crippen molar-refractivity contribution in [3.63, 3.8) is 0 Å². The molecule has 4 heteroatoms. The quantitative estimate of drug-likeness (QED) is 0.787. The van der Waals surface area contributed by atoms with Crippen molar-refractivity contribution in [2.24, 2.45) is 11.8 Å². The van der Waals surface area contributed by atoms with E-state index >= 15 is 0 Å². The van der Waals surface area contributed by atoms with Crippen molar-refractivity contribution >= 4 is 6.03 Å². The number of rotatable bonds is 2. The molecule has 1 aliphatic heterocycles. The van der Waals surface area contributed by atoms with Gasteiger partial charge in [-0.05, 0) is 86.4 Å². The second kappa shape index (κ2) is 7.61. The van der Waals surface area contributed by atoms with E-state index in [1.165, 1.54) is 75.6 Å². The third-order valence-electron chi connectivity index (χ3n) is 8.66. The predicted molar refractivity (Wildman–Crippen MR) is 117 cm³/mol. The lowest BCUT2D eigenvalue weighted by atomic mass is 9.63. The van der Waals surface area contributed by atoms with Gasteiger partial charge in [-0.15, -0.1) is 0 Å². The van der Waals surface area contributed by atoms with Gasteiger partial charge in [-0.2, -0.15) is 0 Å². The van der Waals surface area contributed by atoms with Crippen LogP contribution in [0, 0.1) is 11.8 Å². The number of nitrogens with zero attached hydrogens (tertiary/aromatic N) is 2. The molecule has 4 nitrogen and oxygen atoms in total. The minimum Gasteiger partial charge on any atom is -0.331 e. The fraction of sp³-hybridized carbons (Fsp3) is 0.720. The SMILES string of the molecule is CN(C)C(=O)N[C@H]1CCC2(CCN(C3CC4CCC(C4)C3)CC2)c2ccccc21. The third-order valence-corrected chi connectivity index (χ3v) is 8.66. The number of urea groups is 1. The number of fused-ring (bicyclic) bond motifs is 4. The van der Waals surface area contributed by atoms with E-state index < -0.39 is 0 Å². The molecule has 1 heterocycles. The molecule has 3 atom stereocenters. The van der Waals surface area contributed by atoms with Gasteiger partial charge in [0.2, 0.25) is 0 Å². The van der Waals surface area contributed by atoms with Gasteiger partial charge in [0.1, 0.15) is 0 Å². The summed E-state index contributed by atoms with van der Waals surface area (Å²) in [5.41, 5.74) is 3.19. The van der Waals surface area contributed by atoms with E-state index in [9.17, 15) is 4.79 Å². The van der Waals surface area contributed by atoms with Crippen molar-refractivity contribution in [2.45, 2.75) is 75.3 Å². The number of likely N-dealkylation sites (tertiary alicyclic amines) is 1. The molecule has 0 aromatic heterocycles. The molecule has 2 unspecified atom stereocenters. The molecule has 0 radical (unpaired) electrons. The third kappa shape index (κ3) is 3.58. The van der Waals surface area contributed by atoms with E-state index in [0.717, 1.165) is 24.3 Å². The van der Waals surface area contributed by atoms with Crippen molar-refractivity contribution in [1.82, 2.24) is 15.1 Å². The van der Waals surface area contributed by atoms with Gasteiger partial charge < -0.3 is 15.1 Å². The van der Waals surface area contributed by atoms with Gasteiger partial charge in [-0.1, -0.05) is 37.1 Å². The molecule has 1 N–H and O–H groups in total. The largest absolute Gasteiger partial charge is 0.331 e. The molecule has 1 spiro atoms. The molecule has 158 valence electrons. The fourth-order valence-corrected chi connectivity index (χ4v) is 7.03. The van der Waals surface area contributed by atoms with Crippen LogP contribution in [0.5, 0.6) is 0 Å². The van der Waals surface area contributed by atoms with E-state index in [-0.39, 0.29) is 12.1 Å². The summed E-state index contributed by atoms with van der Waals surface area (Å²) in [6.07, 6.45) is 12.2. The molecule has 2 amide bonds. The van der Waals surface area contributed by atoms with Gasteiger partial charge in [0.05, 0.1) is 6.04 Å². The van der Waals surface area contributed by atoms with E-state index in [1.807, 2.05) is 14.1 Å². The zero-order valence-electron chi connectivity index (χ0n) is 18.2. The van der Waals surface area contributed by atoms with Crippen molar-refractivity contribution in [3.8, 4) is 0 Å². The fourth-order valence-electron chi connectivity index (χ4n) is 7.03. The maximum atomic E-state index is 12.3. The van der Waals surface area contributed by atoms with Crippen molar-refractivity contribution < 1.29 is 4.79 Å². The molecule has 3 fully saturated rings. The molecule has 29 heavy (non-hydrogen) atoms. The first-order valence-corrected chi connectivity index (χ1v) is 11.9. The van der Waals surface area contributed by atoms with Crippen molar-refractivity contribution in [2.75, 3.05) is 27.2 Å². The molecular formula is C25H37N3O. The molecule has 1 aromatic rings. The first-order chi connectivity index (χ1) is 14.0. The lowest BCUT2D eigenvalue weighted by Gasteiger charge is -2.49. The normalized spacial score (nSPS) is 33.3. The highest BCUT2D eigenvalue weighted by molar-refractivity contribution is 5.74. The Labute approximate surface area is 176 Å². The highest BCUT2D eigenvalue weighted by Gasteiger charge is 2.44. The number of piperidine rings is 1. The van der Waals surface area contributed by atoms with Gasteiger partial charge in [0.25, 0.3) is 0 Å². The van der Waals surface area contributed by atoms with E-state index in [4.69, 9.17) is 0 Å². The predicted octanol–water partition coefficient (Wildman–Crippen LogP) is 4.71. The highest BCUT2D eigenvalue weighted by atomic mass is 16.2. The summed E-state index contributed by atoms with van der Waals surface area (Å²) in [6, 6.07) is 9.95. The standard InChI is InChI=1S/C25H37N3O/c1-27(2)24(29)26-23-9-10-25(22-6-4-3-5-21(22)23)11-13-28(14-12-25)20-16-18-7-8-19(15-18)17-20/h3-6,18-20,23H,7-17H2,1-2H3,(H,26,29)/t18?,19?,20?,23-/m0/s1. The Kier molecular flexibility index (Phi) is 5.09. The zero-order chi connectivity index (χ0) is 20.0. The lowest BCUT2D eigenvalue weighted by Crippen LogP contribution is -2.50. The maximum Gasteiger partial charge on any atom is 0.317 e. The number of carbonyl (C=O) groups is 1. The monoisotopic (exact) mass is 395 g/mol. The van der Waals surface area contributed by atoms with Gasteiger partial charge in [-0.25, -0.2) is 4.79 Å². The number of nitrogens with one attached hydrogen (secondary N) is 1. The van der Waals surface area contributed by atoms with Gasteiger partial charge in [0.15, 0.2) is 0 Å². The Balaban J connectivity index is 1.30. The Morgan fingerprint density at radius 3 is 2.38 bits per heavy atom. The topological polar surface area (TPSA) is 35.6 Å². The molecule has 2 saturated carbocycles. The summed E-state index contributed by atoms with van der Waals surface area (Å²) in [7, 11) is 3.64. The Bertz CT molecular complexity index is 740. The van der Waals surface area contributed by atoms with Gasteiger partial charge >= 0.3 is 6.03 Å². The average Bonchev–Trinajstić information content (AvgIpc) is 3.08. The van der Waals surface area contributed by atoms with Gasteiger partial charge in [0, 0.05) is 20.1 Å². The van der Waals surface area contributed by atoms with Crippen LogP contribution in [0.1, 0.15) is 75.0 Å². The minimum atomic E-state index is 0.0162. The summed E-state index contributed by atoms with van der Waals surface area (Å²) >= 11 is 0. The summed E-state index contributed by atoms with van der Waals surface area (Å²) in [4.78, 5) is 16.8. The first-order valence-electron chi connectivity index (χ1n) is 11.9. The maximum absolute atomic E-state index is 12.3. The van der Waals surface area contributed by atoms with Crippen LogP contribution in [0.4, 0.5) is 4.79 Å². The van der Waals surface area contributed by atoms with Crippen LogP contribution in [0.15, 0.2) is 24.3 Å². The number of hydrogen-bond acceptors (Lipinski definition) is 2.